The smallest absolute Gasteiger partial charge is 0.168 e. The van der Waals surface area contributed by atoms with Crippen molar-refractivity contribution in [2.75, 3.05) is 23.8 Å². The summed E-state index contributed by atoms with van der Waals surface area (Å²) >= 11 is 0. The van der Waals surface area contributed by atoms with Gasteiger partial charge in [-0.05, 0) is 20.3 Å². The highest BCUT2D eigenvalue weighted by Crippen LogP contribution is 2.19. The lowest BCUT2D eigenvalue weighted by atomic mass is 10.2. The molecule has 0 saturated carbocycles. The van der Waals surface area contributed by atoms with Crippen LogP contribution in [0.2, 0.25) is 0 Å². The topological polar surface area (TPSA) is 57.2 Å². The minimum atomic E-state index is -0.742. The van der Waals surface area contributed by atoms with E-state index in [0.29, 0.717) is 13.0 Å². The van der Waals surface area contributed by atoms with Crippen molar-refractivity contribution >= 4 is 11.6 Å². The van der Waals surface area contributed by atoms with E-state index in [1.807, 2.05) is 0 Å². The normalized spacial score (nSPS) is 12.3. The van der Waals surface area contributed by atoms with E-state index in [2.05, 4.69) is 15.6 Å². The Morgan fingerprint density at radius 2 is 2.00 bits per heavy atom. The van der Waals surface area contributed by atoms with Crippen LogP contribution < -0.4 is 10.6 Å². The molecule has 3 N–H and O–H groups in total. The lowest BCUT2D eigenvalue weighted by molar-refractivity contribution is 0.282. The number of pyridine rings is 1. The lowest BCUT2D eigenvalue weighted by Gasteiger charge is -2.15. The summed E-state index contributed by atoms with van der Waals surface area (Å²) in [5, 5.41) is 14.2. The highest BCUT2D eigenvalue weighted by Gasteiger charge is 2.13. The van der Waals surface area contributed by atoms with E-state index in [-0.39, 0.29) is 24.3 Å². The van der Waals surface area contributed by atoms with Gasteiger partial charge < -0.3 is 15.7 Å². The van der Waals surface area contributed by atoms with Gasteiger partial charge in [-0.1, -0.05) is 0 Å². The van der Waals surface area contributed by atoms with E-state index in [0.717, 1.165) is 6.07 Å². The van der Waals surface area contributed by atoms with Crippen LogP contribution in [0, 0.1) is 11.6 Å². The number of anilines is 2. The number of hydrogen-bond donors (Lipinski definition) is 3. The summed E-state index contributed by atoms with van der Waals surface area (Å²) in [6.07, 6.45) is 0.467. The van der Waals surface area contributed by atoms with Crippen molar-refractivity contribution in [2.24, 2.45) is 0 Å². The Kier molecular flexibility index (Phi) is 5.09. The van der Waals surface area contributed by atoms with Crippen LogP contribution in [-0.2, 0) is 0 Å². The maximum absolute atomic E-state index is 13.4. The standard InChI is InChI=1S/C11H17F2N3O/c1-3-14-10-8(12)6-9(13)11(16-10)15-7(2)4-5-17/h6-7,17H,3-5H2,1-2H3,(H2,14,15,16). The molecule has 0 fully saturated rings. The van der Waals surface area contributed by atoms with Gasteiger partial charge in [0.25, 0.3) is 0 Å². The van der Waals surface area contributed by atoms with Crippen LogP contribution >= 0.6 is 0 Å². The molecule has 6 heteroatoms. The molecule has 0 aromatic carbocycles. The number of nitrogens with one attached hydrogen (secondary N) is 2. The van der Waals surface area contributed by atoms with E-state index < -0.39 is 11.6 Å². The van der Waals surface area contributed by atoms with Gasteiger partial charge >= 0.3 is 0 Å². The molecule has 4 nitrogen and oxygen atoms in total. The van der Waals surface area contributed by atoms with Crippen molar-refractivity contribution in [2.45, 2.75) is 26.3 Å². The monoisotopic (exact) mass is 245 g/mol. The third-order valence-corrected chi connectivity index (χ3v) is 2.22. The Labute approximate surface area is 99.1 Å². The summed E-state index contributed by atoms with van der Waals surface area (Å²) in [6, 6.07) is 0.654. The molecule has 0 aliphatic rings. The minimum Gasteiger partial charge on any atom is -0.396 e. The number of aromatic nitrogens is 1. The molecule has 1 unspecified atom stereocenters. The number of nitrogens with zero attached hydrogens (tertiary/aromatic N) is 1. The molecular formula is C11H17F2N3O. The predicted octanol–water partition coefficient (Wildman–Crippen LogP) is 1.97. The first kappa shape index (κ1) is 13.6. The maximum Gasteiger partial charge on any atom is 0.168 e. The Bertz CT molecular complexity index is 374. The van der Waals surface area contributed by atoms with E-state index in [1.54, 1.807) is 13.8 Å². The first-order chi connectivity index (χ1) is 8.08. The molecule has 1 aromatic heterocycles. The highest BCUT2D eigenvalue weighted by molar-refractivity contribution is 5.47. The highest BCUT2D eigenvalue weighted by atomic mass is 19.1. The van der Waals surface area contributed by atoms with Crippen LogP contribution in [-0.4, -0.2) is 29.3 Å². The van der Waals surface area contributed by atoms with Gasteiger partial charge in [-0.3, -0.25) is 0 Å². The van der Waals surface area contributed by atoms with Crippen LogP contribution in [0.3, 0.4) is 0 Å². The van der Waals surface area contributed by atoms with Gasteiger partial charge in [0.05, 0.1) is 0 Å². The molecule has 1 rings (SSSR count). The second kappa shape index (κ2) is 6.34. The summed E-state index contributed by atoms with van der Waals surface area (Å²) in [6.45, 7) is 4.08. The predicted molar refractivity (Wildman–Crippen MR) is 63.1 cm³/mol. The molecule has 0 radical (unpaired) electrons. The van der Waals surface area contributed by atoms with E-state index in [9.17, 15) is 8.78 Å². The van der Waals surface area contributed by atoms with Crippen LogP contribution in [0.5, 0.6) is 0 Å². The summed E-state index contributed by atoms with van der Waals surface area (Å²) in [4.78, 5) is 3.83. The van der Waals surface area contributed by atoms with E-state index in [1.165, 1.54) is 0 Å². The Morgan fingerprint density at radius 3 is 2.59 bits per heavy atom. The molecule has 1 aromatic rings. The molecule has 0 aliphatic carbocycles. The second-order valence-corrected chi connectivity index (χ2v) is 3.74. The number of aliphatic hydroxyl groups is 1. The lowest BCUT2D eigenvalue weighted by Crippen LogP contribution is -2.19. The van der Waals surface area contributed by atoms with Crippen molar-refractivity contribution in [1.29, 1.82) is 0 Å². The zero-order valence-electron chi connectivity index (χ0n) is 9.93. The van der Waals surface area contributed by atoms with Gasteiger partial charge in [-0.2, -0.15) is 0 Å². The first-order valence-corrected chi connectivity index (χ1v) is 5.55. The van der Waals surface area contributed by atoms with Crippen molar-refractivity contribution in [1.82, 2.24) is 4.98 Å². The van der Waals surface area contributed by atoms with Crippen molar-refractivity contribution in [3.8, 4) is 0 Å². The Morgan fingerprint density at radius 1 is 1.35 bits per heavy atom. The van der Waals surface area contributed by atoms with Crippen molar-refractivity contribution < 1.29 is 13.9 Å². The van der Waals surface area contributed by atoms with Crippen LogP contribution in [0.1, 0.15) is 20.3 Å². The average molecular weight is 245 g/mol. The molecule has 0 saturated heterocycles. The largest absolute Gasteiger partial charge is 0.396 e. The third-order valence-electron chi connectivity index (χ3n) is 2.22. The molecule has 0 bridgehead atoms. The number of rotatable bonds is 6. The van der Waals surface area contributed by atoms with E-state index in [4.69, 9.17) is 5.11 Å². The molecule has 0 spiro atoms. The average Bonchev–Trinajstić information content (AvgIpc) is 2.25. The summed E-state index contributed by atoms with van der Waals surface area (Å²) in [5.74, 6) is -1.45. The molecule has 96 valence electrons. The Balaban J connectivity index is 2.87. The summed E-state index contributed by atoms with van der Waals surface area (Å²) in [7, 11) is 0. The van der Waals surface area contributed by atoms with Crippen LogP contribution in [0.25, 0.3) is 0 Å². The summed E-state index contributed by atoms with van der Waals surface area (Å²) < 4.78 is 26.7. The van der Waals surface area contributed by atoms with Crippen molar-refractivity contribution in [3.05, 3.63) is 17.7 Å². The quantitative estimate of drug-likeness (QED) is 0.717. The van der Waals surface area contributed by atoms with Crippen molar-refractivity contribution in [3.63, 3.8) is 0 Å². The van der Waals surface area contributed by atoms with Gasteiger partial charge in [0, 0.05) is 25.3 Å². The zero-order valence-corrected chi connectivity index (χ0v) is 9.93. The molecule has 0 amide bonds. The van der Waals surface area contributed by atoms with Gasteiger partial charge in [-0.25, -0.2) is 13.8 Å². The zero-order chi connectivity index (χ0) is 12.8. The fourth-order valence-electron chi connectivity index (χ4n) is 1.36. The van der Waals surface area contributed by atoms with Crippen LogP contribution in [0.4, 0.5) is 20.4 Å². The Hall–Kier alpha value is -1.43. The van der Waals surface area contributed by atoms with Crippen LogP contribution in [0.15, 0.2) is 6.07 Å². The van der Waals surface area contributed by atoms with Gasteiger partial charge in [0.1, 0.15) is 0 Å². The fraction of sp³-hybridized carbons (Fsp3) is 0.545. The van der Waals surface area contributed by atoms with Gasteiger partial charge in [0.2, 0.25) is 0 Å². The maximum atomic E-state index is 13.4. The molecule has 0 aliphatic heterocycles. The third kappa shape index (κ3) is 3.81. The number of aliphatic hydroxyl groups excluding tert-OH is 1. The SMILES string of the molecule is CCNc1nc(NC(C)CCO)c(F)cc1F. The molecule has 17 heavy (non-hydrogen) atoms. The minimum absolute atomic E-state index is 0.00293. The first-order valence-electron chi connectivity index (χ1n) is 5.55. The second-order valence-electron chi connectivity index (χ2n) is 3.74. The number of halogens is 2. The molecule has 1 heterocycles. The van der Waals surface area contributed by atoms with Gasteiger partial charge in [-0.15, -0.1) is 0 Å². The summed E-state index contributed by atoms with van der Waals surface area (Å²) in [5.41, 5.74) is 0. The van der Waals surface area contributed by atoms with Gasteiger partial charge in [0.15, 0.2) is 23.3 Å². The number of hydrogen-bond acceptors (Lipinski definition) is 4. The molecule has 1 atom stereocenters. The van der Waals surface area contributed by atoms with E-state index >= 15 is 0 Å². The molecular weight excluding hydrogens is 228 g/mol. The fourth-order valence-corrected chi connectivity index (χ4v) is 1.36.